The van der Waals surface area contributed by atoms with Gasteiger partial charge in [-0.05, 0) is 13.0 Å². The quantitative estimate of drug-likeness (QED) is 0.393. The third kappa shape index (κ3) is 4.20. The largest absolute Gasteiger partial charge is 0.350 e. The van der Waals surface area contributed by atoms with E-state index >= 15 is 0 Å². The number of aromatic nitrogens is 5. The second kappa shape index (κ2) is 9.22. The lowest BCUT2D eigenvalue weighted by molar-refractivity contribution is -0.135. The fraction of sp³-hybridized carbons (Fsp3) is 0.320. The molecule has 0 radical (unpaired) electrons. The Bertz CT molecular complexity index is 1410. The molecule has 1 atom stereocenters. The molecule has 35 heavy (non-hydrogen) atoms. The number of nitrogens with zero attached hydrogens (tertiary/aromatic N) is 7. The van der Waals surface area contributed by atoms with Crippen molar-refractivity contribution in [2.24, 2.45) is 5.92 Å². The molecule has 1 aliphatic rings. The van der Waals surface area contributed by atoms with Crippen LogP contribution < -0.4 is 4.90 Å². The zero-order valence-corrected chi connectivity index (χ0v) is 20.4. The molecule has 5 rings (SSSR count). The van der Waals surface area contributed by atoms with E-state index in [4.69, 9.17) is 11.6 Å². The van der Waals surface area contributed by atoms with E-state index in [9.17, 15) is 9.18 Å². The van der Waals surface area contributed by atoms with Gasteiger partial charge in [0, 0.05) is 55.0 Å². The van der Waals surface area contributed by atoms with Crippen LogP contribution in [0.5, 0.6) is 0 Å². The van der Waals surface area contributed by atoms with Gasteiger partial charge in [-0.2, -0.15) is 0 Å². The van der Waals surface area contributed by atoms with Crippen LogP contribution >= 0.6 is 11.6 Å². The summed E-state index contributed by atoms with van der Waals surface area (Å²) in [6, 6.07) is 8.27. The van der Waals surface area contributed by atoms with Crippen LogP contribution in [0.2, 0.25) is 5.15 Å². The van der Waals surface area contributed by atoms with Crippen molar-refractivity contribution in [2.45, 2.75) is 26.8 Å². The fourth-order valence-corrected chi connectivity index (χ4v) is 4.76. The Hall–Kier alpha value is -3.59. The first kappa shape index (κ1) is 23.2. The van der Waals surface area contributed by atoms with E-state index in [1.165, 1.54) is 18.7 Å². The number of hydrogen-bond acceptors (Lipinski definition) is 6. The molecule has 180 valence electrons. The lowest BCUT2D eigenvalue weighted by atomic mass is 10.0. The van der Waals surface area contributed by atoms with Crippen LogP contribution in [-0.4, -0.2) is 61.0 Å². The summed E-state index contributed by atoms with van der Waals surface area (Å²) in [4.78, 5) is 34.1. The monoisotopic (exact) mass is 493 g/mol. The Kier molecular flexibility index (Phi) is 6.10. The molecule has 0 aliphatic carbocycles. The number of benzene rings is 1. The molecule has 8 nitrogen and oxygen atoms in total. The van der Waals surface area contributed by atoms with Crippen molar-refractivity contribution < 1.29 is 9.18 Å². The zero-order chi connectivity index (χ0) is 24.7. The SMILES string of the molecule is CC(C)C(=O)N1CCN(c2ncnc3c2c(-c2ccccc2F)cn3-c2cc(Cl)ncn2)[C@@H](C)C1. The van der Waals surface area contributed by atoms with Gasteiger partial charge in [0.25, 0.3) is 0 Å². The Labute approximate surface area is 207 Å². The fourth-order valence-electron chi connectivity index (χ4n) is 4.62. The molecule has 1 saturated heterocycles. The number of carbonyl (C=O) groups excluding carboxylic acids is 1. The predicted molar refractivity (Wildman–Crippen MR) is 133 cm³/mol. The number of fused-ring (bicyclic) bond motifs is 1. The zero-order valence-electron chi connectivity index (χ0n) is 19.7. The third-order valence-corrected chi connectivity index (χ3v) is 6.50. The minimum atomic E-state index is -0.345. The molecule has 0 bridgehead atoms. The molecule has 3 aromatic heterocycles. The molecule has 1 amide bonds. The summed E-state index contributed by atoms with van der Waals surface area (Å²) in [6.45, 7) is 7.67. The number of carbonyl (C=O) groups is 1. The molecular weight excluding hydrogens is 469 g/mol. The van der Waals surface area contributed by atoms with E-state index in [0.29, 0.717) is 53.4 Å². The van der Waals surface area contributed by atoms with Gasteiger partial charge in [-0.25, -0.2) is 24.3 Å². The van der Waals surface area contributed by atoms with E-state index in [1.807, 2.05) is 24.9 Å². The van der Waals surface area contributed by atoms with Crippen molar-refractivity contribution in [2.75, 3.05) is 24.5 Å². The third-order valence-electron chi connectivity index (χ3n) is 6.30. The van der Waals surface area contributed by atoms with Crippen LogP contribution in [0.25, 0.3) is 28.0 Å². The van der Waals surface area contributed by atoms with Gasteiger partial charge < -0.3 is 9.80 Å². The average Bonchev–Trinajstić information content (AvgIpc) is 3.23. The number of rotatable bonds is 4. The highest BCUT2D eigenvalue weighted by atomic mass is 35.5. The molecule has 0 unspecified atom stereocenters. The summed E-state index contributed by atoms with van der Waals surface area (Å²) in [7, 11) is 0. The van der Waals surface area contributed by atoms with Crippen LogP contribution in [0.1, 0.15) is 20.8 Å². The minimum Gasteiger partial charge on any atom is -0.350 e. The number of amides is 1. The second-order valence-electron chi connectivity index (χ2n) is 8.97. The minimum absolute atomic E-state index is 0.00913. The van der Waals surface area contributed by atoms with Gasteiger partial charge in [0.1, 0.15) is 35.3 Å². The first-order chi connectivity index (χ1) is 16.8. The summed E-state index contributed by atoms with van der Waals surface area (Å²) in [5, 5.41) is 1.00. The summed E-state index contributed by atoms with van der Waals surface area (Å²) in [5.41, 5.74) is 1.67. The van der Waals surface area contributed by atoms with Gasteiger partial charge in [-0.3, -0.25) is 9.36 Å². The van der Waals surface area contributed by atoms with Gasteiger partial charge >= 0.3 is 0 Å². The van der Waals surface area contributed by atoms with Gasteiger partial charge in [0.15, 0.2) is 5.65 Å². The molecule has 0 N–H and O–H groups in total. The maximum atomic E-state index is 15.0. The Morgan fingerprint density at radius 2 is 1.86 bits per heavy atom. The molecule has 0 saturated carbocycles. The lowest BCUT2D eigenvalue weighted by Crippen LogP contribution is -2.54. The van der Waals surface area contributed by atoms with Gasteiger partial charge in [0.05, 0.1) is 5.39 Å². The van der Waals surface area contributed by atoms with Crippen molar-refractivity contribution in [3.63, 3.8) is 0 Å². The van der Waals surface area contributed by atoms with Gasteiger partial charge in [-0.1, -0.05) is 43.6 Å². The molecule has 4 heterocycles. The first-order valence-electron chi connectivity index (χ1n) is 11.5. The van der Waals surface area contributed by atoms with Crippen molar-refractivity contribution in [3.8, 4) is 16.9 Å². The number of piperazine rings is 1. The van der Waals surface area contributed by atoms with Crippen LogP contribution in [0.3, 0.4) is 0 Å². The van der Waals surface area contributed by atoms with Crippen LogP contribution in [0.4, 0.5) is 10.2 Å². The molecule has 1 aromatic carbocycles. The average molecular weight is 494 g/mol. The molecule has 10 heteroatoms. The smallest absolute Gasteiger partial charge is 0.225 e. The highest BCUT2D eigenvalue weighted by molar-refractivity contribution is 6.29. The Balaban J connectivity index is 1.67. The first-order valence-corrected chi connectivity index (χ1v) is 11.9. The van der Waals surface area contributed by atoms with Crippen LogP contribution in [0, 0.1) is 11.7 Å². The Morgan fingerprint density at radius 1 is 1.09 bits per heavy atom. The topological polar surface area (TPSA) is 80.0 Å². The van der Waals surface area contributed by atoms with Crippen LogP contribution in [-0.2, 0) is 4.79 Å². The Morgan fingerprint density at radius 3 is 2.57 bits per heavy atom. The maximum absolute atomic E-state index is 15.0. The molecule has 1 aliphatic heterocycles. The lowest BCUT2D eigenvalue weighted by Gasteiger charge is -2.41. The summed E-state index contributed by atoms with van der Waals surface area (Å²) in [6.07, 6.45) is 4.69. The standard InChI is InChI=1S/C25H25ClFN7O/c1-15(2)25(35)32-8-9-33(16(3)11-32)23-22-18(17-6-4-5-7-19(17)27)12-34(24(22)31-14-30-23)21-10-20(26)28-13-29-21/h4-7,10,12-16H,8-9,11H2,1-3H3/t16-/m0/s1. The van der Waals surface area contributed by atoms with Crippen molar-refractivity contribution in [1.82, 2.24) is 29.4 Å². The number of hydrogen-bond donors (Lipinski definition) is 0. The van der Waals surface area contributed by atoms with Crippen molar-refractivity contribution in [3.05, 3.63) is 60.2 Å². The number of halogens is 2. The predicted octanol–water partition coefficient (Wildman–Crippen LogP) is 4.36. The molecule has 4 aromatic rings. The van der Waals surface area contributed by atoms with E-state index < -0.39 is 0 Å². The maximum Gasteiger partial charge on any atom is 0.225 e. The van der Waals surface area contributed by atoms with Crippen molar-refractivity contribution in [1.29, 1.82) is 0 Å². The van der Waals surface area contributed by atoms with E-state index in [0.717, 1.165) is 0 Å². The van der Waals surface area contributed by atoms with Gasteiger partial charge in [0.2, 0.25) is 5.91 Å². The van der Waals surface area contributed by atoms with E-state index in [-0.39, 0.29) is 28.8 Å². The highest BCUT2D eigenvalue weighted by Crippen LogP contribution is 2.38. The van der Waals surface area contributed by atoms with Gasteiger partial charge in [-0.15, -0.1) is 0 Å². The molecule has 1 fully saturated rings. The normalized spacial score (nSPS) is 16.3. The van der Waals surface area contributed by atoms with Crippen LogP contribution in [0.15, 0.2) is 49.2 Å². The molecular formula is C25H25ClFN7O. The van der Waals surface area contributed by atoms with E-state index in [2.05, 4.69) is 31.8 Å². The summed E-state index contributed by atoms with van der Waals surface area (Å²) >= 11 is 6.13. The highest BCUT2D eigenvalue weighted by Gasteiger charge is 2.31. The summed E-state index contributed by atoms with van der Waals surface area (Å²) in [5.74, 6) is 0.950. The van der Waals surface area contributed by atoms with E-state index in [1.54, 1.807) is 28.8 Å². The second-order valence-corrected chi connectivity index (χ2v) is 9.36. The number of anilines is 1. The van der Waals surface area contributed by atoms with Crippen molar-refractivity contribution >= 4 is 34.4 Å². The molecule has 0 spiro atoms. The summed E-state index contributed by atoms with van der Waals surface area (Å²) < 4.78 is 16.8.